The van der Waals surface area contributed by atoms with Gasteiger partial charge in [0, 0.05) is 6.08 Å². The molecule has 2 nitrogen and oxygen atoms in total. The number of hydrogen-bond donors (Lipinski definition) is 0. The van der Waals surface area contributed by atoms with E-state index in [0.29, 0.717) is 6.61 Å². The number of allylic oxidation sites excluding steroid dienone is 2. The molecule has 0 saturated heterocycles. The van der Waals surface area contributed by atoms with Gasteiger partial charge in [0.2, 0.25) is 0 Å². The summed E-state index contributed by atoms with van der Waals surface area (Å²) in [5.41, 5.74) is -0.0208. The van der Waals surface area contributed by atoms with Gasteiger partial charge in [-0.3, -0.25) is 0 Å². The van der Waals surface area contributed by atoms with Crippen molar-refractivity contribution in [1.29, 1.82) is 0 Å². The molecule has 2 heteroatoms. The average molecular weight is 196 g/mol. The van der Waals surface area contributed by atoms with E-state index < -0.39 is 0 Å². The summed E-state index contributed by atoms with van der Waals surface area (Å²) in [7, 11) is 0. The van der Waals surface area contributed by atoms with Gasteiger partial charge in [0.1, 0.15) is 0 Å². The van der Waals surface area contributed by atoms with Crippen molar-refractivity contribution in [3.05, 3.63) is 24.8 Å². The third-order valence-electron chi connectivity index (χ3n) is 1.79. The monoisotopic (exact) mass is 196 g/mol. The van der Waals surface area contributed by atoms with Crippen LogP contribution in [0.25, 0.3) is 0 Å². The Morgan fingerprint density at radius 2 is 2.14 bits per heavy atom. The molecule has 0 aromatic rings. The standard InChI is InChI=1S/C12H20O2/c1-5-8-12(3,4)9-7-11(13)14-10-6-2/h5,7,9H,1,6,8,10H2,2-4H3/b9-7+. The summed E-state index contributed by atoms with van der Waals surface area (Å²) in [6.07, 6.45) is 6.92. The van der Waals surface area contributed by atoms with Gasteiger partial charge in [0.25, 0.3) is 0 Å². The molecule has 0 aromatic heterocycles. The number of carbonyl (C=O) groups excluding carboxylic acids is 1. The van der Waals surface area contributed by atoms with Crippen molar-refractivity contribution in [3.8, 4) is 0 Å². The lowest BCUT2D eigenvalue weighted by atomic mass is 9.89. The molecular formula is C12H20O2. The van der Waals surface area contributed by atoms with Crippen LogP contribution < -0.4 is 0 Å². The molecule has 0 unspecified atom stereocenters. The topological polar surface area (TPSA) is 26.3 Å². The molecular weight excluding hydrogens is 176 g/mol. The van der Waals surface area contributed by atoms with Crippen LogP contribution in [0.5, 0.6) is 0 Å². The average Bonchev–Trinajstić information content (AvgIpc) is 2.11. The number of ether oxygens (including phenoxy) is 1. The minimum atomic E-state index is -0.260. The summed E-state index contributed by atoms with van der Waals surface area (Å²) >= 11 is 0. The van der Waals surface area contributed by atoms with Gasteiger partial charge in [-0.2, -0.15) is 0 Å². The zero-order valence-corrected chi connectivity index (χ0v) is 9.38. The fourth-order valence-electron chi connectivity index (χ4n) is 0.984. The Balaban J connectivity index is 4.01. The molecule has 0 heterocycles. The van der Waals surface area contributed by atoms with Gasteiger partial charge < -0.3 is 4.74 Å². The Bertz CT molecular complexity index is 214. The Morgan fingerprint density at radius 1 is 1.50 bits per heavy atom. The molecule has 80 valence electrons. The summed E-state index contributed by atoms with van der Waals surface area (Å²) in [5, 5.41) is 0. The molecule has 0 aliphatic rings. The maximum absolute atomic E-state index is 11.1. The van der Waals surface area contributed by atoms with Crippen LogP contribution >= 0.6 is 0 Å². The first kappa shape index (κ1) is 12.9. The van der Waals surface area contributed by atoms with Gasteiger partial charge in [-0.25, -0.2) is 4.79 Å². The summed E-state index contributed by atoms with van der Waals surface area (Å²) in [6.45, 7) is 10.2. The zero-order valence-electron chi connectivity index (χ0n) is 9.38. The Labute approximate surface area is 86.6 Å². The maximum Gasteiger partial charge on any atom is 0.330 e. The van der Waals surface area contributed by atoms with E-state index in [4.69, 9.17) is 4.74 Å². The van der Waals surface area contributed by atoms with Crippen molar-refractivity contribution in [2.75, 3.05) is 6.61 Å². The second kappa shape index (κ2) is 6.41. The summed E-state index contributed by atoms with van der Waals surface area (Å²) in [6, 6.07) is 0. The van der Waals surface area contributed by atoms with Crippen molar-refractivity contribution in [2.45, 2.75) is 33.6 Å². The van der Waals surface area contributed by atoms with E-state index in [0.717, 1.165) is 12.8 Å². The highest BCUT2D eigenvalue weighted by Crippen LogP contribution is 2.22. The molecule has 14 heavy (non-hydrogen) atoms. The Kier molecular flexibility index (Phi) is 5.93. The highest BCUT2D eigenvalue weighted by atomic mass is 16.5. The van der Waals surface area contributed by atoms with Crippen LogP contribution in [0.3, 0.4) is 0 Å². The number of esters is 1. The lowest BCUT2D eigenvalue weighted by Crippen LogP contribution is -2.08. The lowest BCUT2D eigenvalue weighted by Gasteiger charge is -2.16. The first-order valence-electron chi connectivity index (χ1n) is 4.98. The van der Waals surface area contributed by atoms with Crippen LogP contribution in [0.1, 0.15) is 33.6 Å². The normalized spacial score (nSPS) is 11.6. The lowest BCUT2D eigenvalue weighted by molar-refractivity contribution is -0.137. The van der Waals surface area contributed by atoms with Crippen LogP contribution in [-0.2, 0) is 9.53 Å². The molecule has 0 spiro atoms. The molecule has 0 fully saturated rings. The van der Waals surface area contributed by atoms with Crippen LogP contribution in [0.4, 0.5) is 0 Å². The van der Waals surface area contributed by atoms with E-state index in [1.165, 1.54) is 6.08 Å². The van der Waals surface area contributed by atoms with Gasteiger partial charge in [0.05, 0.1) is 6.61 Å². The van der Waals surface area contributed by atoms with Gasteiger partial charge in [-0.05, 0) is 18.3 Å². The highest BCUT2D eigenvalue weighted by Gasteiger charge is 2.11. The Hall–Kier alpha value is -1.05. The molecule has 0 saturated carbocycles. The van der Waals surface area contributed by atoms with Crippen molar-refractivity contribution in [3.63, 3.8) is 0 Å². The first-order valence-corrected chi connectivity index (χ1v) is 4.98. The van der Waals surface area contributed by atoms with Gasteiger partial charge in [-0.15, -0.1) is 6.58 Å². The quantitative estimate of drug-likeness (QED) is 0.370. The number of rotatable bonds is 6. The summed E-state index contributed by atoms with van der Waals surface area (Å²) in [5.74, 6) is -0.260. The Morgan fingerprint density at radius 3 is 2.64 bits per heavy atom. The van der Waals surface area contributed by atoms with Crippen LogP contribution in [-0.4, -0.2) is 12.6 Å². The van der Waals surface area contributed by atoms with Gasteiger partial charge in [0.15, 0.2) is 0 Å². The highest BCUT2D eigenvalue weighted by molar-refractivity contribution is 5.82. The zero-order chi connectivity index (χ0) is 11.0. The molecule has 0 atom stereocenters. The molecule has 0 aromatic carbocycles. The molecule has 0 N–H and O–H groups in total. The van der Waals surface area contributed by atoms with Crippen molar-refractivity contribution >= 4 is 5.97 Å². The molecule has 0 radical (unpaired) electrons. The SMILES string of the molecule is C=CCC(C)(C)/C=C/C(=O)OCCC. The number of hydrogen-bond acceptors (Lipinski definition) is 2. The summed E-state index contributed by atoms with van der Waals surface area (Å²) in [4.78, 5) is 11.1. The van der Waals surface area contributed by atoms with E-state index in [1.807, 2.05) is 19.1 Å². The second-order valence-electron chi connectivity index (χ2n) is 3.98. The van der Waals surface area contributed by atoms with E-state index >= 15 is 0 Å². The second-order valence-corrected chi connectivity index (χ2v) is 3.98. The van der Waals surface area contributed by atoms with Crippen LogP contribution in [0.2, 0.25) is 0 Å². The minimum absolute atomic E-state index is 0.0208. The van der Waals surface area contributed by atoms with Gasteiger partial charge >= 0.3 is 5.97 Å². The van der Waals surface area contributed by atoms with Gasteiger partial charge in [-0.1, -0.05) is 32.9 Å². The summed E-state index contributed by atoms with van der Waals surface area (Å²) < 4.78 is 4.91. The van der Waals surface area contributed by atoms with E-state index in [-0.39, 0.29) is 11.4 Å². The van der Waals surface area contributed by atoms with Crippen LogP contribution in [0.15, 0.2) is 24.8 Å². The third-order valence-corrected chi connectivity index (χ3v) is 1.79. The molecule has 0 amide bonds. The van der Waals surface area contributed by atoms with Crippen molar-refractivity contribution < 1.29 is 9.53 Å². The van der Waals surface area contributed by atoms with Crippen LogP contribution in [0, 0.1) is 5.41 Å². The largest absolute Gasteiger partial charge is 0.463 e. The van der Waals surface area contributed by atoms with E-state index in [9.17, 15) is 4.79 Å². The maximum atomic E-state index is 11.1. The molecule has 0 bridgehead atoms. The smallest absolute Gasteiger partial charge is 0.330 e. The fraction of sp³-hybridized carbons (Fsp3) is 0.583. The van der Waals surface area contributed by atoms with E-state index in [1.54, 1.807) is 0 Å². The molecule has 0 rings (SSSR count). The third kappa shape index (κ3) is 6.46. The van der Waals surface area contributed by atoms with Crippen molar-refractivity contribution in [2.24, 2.45) is 5.41 Å². The fourth-order valence-corrected chi connectivity index (χ4v) is 0.984. The molecule has 0 aliphatic carbocycles. The predicted molar refractivity (Wildman–Crippen MR) is 59.0 cm³/mol. The predicted octanol–water partition coefficient (Wildman–Crippen LogP) is 3.10. The number of carbonyl (C=O) groups is 1. The minimum Gasteiger partial charge on any atom is -0.463 e. The van der Waals surface area contributed by atoms with E-state index in [2.05, 4.69) is 20.4 Å². The molecule has 0 aliphatic heterocycles. The van der Waals surface area contributed by atoms with Crippen molar-refractivity contribution in [1.82, 2.24) is 0 Å². The first-order chi connectivity index (χ1) is 6.52.